The van der Waals surface area contributed by atoms with Gasteiger partial charge in [0, 0.05) is 0 Å². The van der Waals surface area contributed by atoms with Crippen LogP contribution < -0.4 is 0 Å². The first-order chi connectivity index (χ1) is 9.37. The summed E-state index contributed by atoms with van der Waals surface area (Å²) in [5.74, 6) is 0. The van der Waals surface area contributed by atoms with Crippen LogP contribution >= 0.6 is 46.0 Å². The van der Waals surface area contributed by atoms with Crippen molar-refractivity contribution in [2.45, 2.75) is 35.9 Å². The molecule has 0 aliphatic rings. The van der Waals surface area contributed by atoms with Gasteiger partial charge in [-0.15, -0.1) is 0 Å². The Kier molecular flexibility index (Phi) is 6.27. The van der Waals surface area contributed by atoms with E-state index in [0.29, 0.717) is 0 Å². The van der Waals surface area contributed by atoms with Crippen LogP contribution in [-0.4, -0.2) is 35.9 Å². The van der Waals surface area contributed by atoms with Crippen LogP contribution in [0.3, 0.4) is 0 Å². The molecule has 0 atom stereocenters. The molecule has 0 aliphatic heterocycles. The van der Waals surface area contributed by atoms with E-state index < -0.39 is 35.9 Å². The van der Waals surface area contributed by atoms with Gasteiger partial charge in [0.05, 0.1) is 0 Å². The lowest BCUT2D eigenvalue weighted by Gasteiger charge is -2.48. The van der Waals surface area contributed by atoms with Gasteiger partial charge < -0.3 is 0 Å². The predicted molar refractivity (Wildman–Crippen MR) is 59.9 cm³/mol. The Morgan fingerprint density at radius 1 is 0.409 bits per heavy atom. The average molecular weight is 586 g/mol. The second-order valence-electron chi connectivity index (χ2n) is 3.51. The van der Waals surface area contributed by atoms with Crippen molar-refractivity contribution in [2.24, 2.45) is 0 Å². The first kappa shape index (κ1) is 22.5. The zero-order valence-electron chi connectivity index (χ0n) is 9.11. The summed E-state index contributed by atoms with van der Waals surface area (Å²) >= 11 is -0.684. The molecule has 0 aliphatic carbocycles. The molecular formula is C6F12I2O2. The topological polar surface area (TPSA) is 18.5 Å². The molecule has 0 N–H and O–H groups in total. The zero-order valence-corrected chi connectivity index (χ0v) is 13.4. The first-order valence-electron chi connectivity index (χ1n) is 4.23. The second-order valence-corrected chi connectivity index (χ2v) is 4.39. The SMILES string of the molecule is FC(F)(F)C(OI)(C(F)(F)F)C(OI)(C(F)(F)F)C(F)(F)F. The van der Waals surface area contributed by atoms with Crippen LogP contribution in [0.2, 0.25) is 0 Å². The molecule has 0 saturated heterocycles. The fraction of sp³-hybridized carbons (Fsp3) is 1.00. The van der Waals surface area contributed by atoms with Crippen molar-refractivity contribution in [1.82, 2.24) is 0 Å². The molecule has 134 valence electrons. The molecule has 0 unspecified atom stereocenters. The molecule has 0 heterocycles. The summed E-state index contributed by atoms with van der Waals surface area (Å²) in [6, 6.07) is 0. The highest BCUT2D eigenvalue weighted by atomic mass is 127. The Hall–Kier alpha value is 0.540. The third-order valence-corrected chi connectivity index (χ3v) is 3.65. The molecule has 0 aromatic heterocycles. The minimum atomic E-state index is -7.18. The van der Waals surface area contributed by atoms with E-state index in [0.717, 1.165) is 0 Å². The maximum Gasteiger partial charge on any atom is 0.431 e. The van der Waals surface area contributed by atoms with Gasteiger partial charge in [-0.05, 0) is 0 Å². The van der Waals surface area contributed by atoms with E-state index in [1.807, 2.05) is 0 Å². The van der Waals surface area contributed by atoms with Crippen molar-refractivity contribution in [2.75, 3.05) is 0 Å². The van der Waals surface area contributed by atoms with E-state index in [9.17, 15) is 52.7 Å². The predicted octanol–water partition coefficient (Wildman–Crippen LogP) is 5.45. The van der Waals surface area contributed by atoms with Gasteiger partial charge in [0.1, 0.15) is 46.0 Å². The zero-order chi connectivity index (χ0) is 18.4. The third kappa shape index (κ3) is 2.95. The summed E-state index contributed by atoms with van der Waals surface area (Å²) < 4.78 is 158. The summed E-state index contributed by atoms with van der Waals surface area (Å²) in [5, 5.41) is 0. The summed E-state index contributed by atoms with van der Waals surface area (Å²) in [6.07, 6.45) is -28.7. The average Bonchev–Trinajstić information content (AvgIpc) is 2.17. The van der Waals surface area contributed by atoms with Crippen LogP contribution in [0.15, 0.2) is 0 Å². The van der Waals surface area contributed by atoms with Crippen LogP contribution in [-0.2, 0) is 6.13 Å². The molecule has 0 spiro atoms. The van der Waals surface area contributed by atoms with Crippen LogP contribution in [0, 0.1) is 0 Å². The molecule has 2 nitrogen and oxygen atoms in total. The Bertz CT molecular complexity index is 326. The quantitative estimate of drug-likeness (QED) is 0.324. The first-order valence-corrected chi connectivity index (χ1v) is 6.00. The monoisotopic (exact) mass is 586 g/mol. The maximum atomic E-state index is 12.7. The number of halogens is 14. The number of hydrogen-bond acceptors (Lipinski definition) is 2. The molecule has 0 amide bonds. The maximum absolute atomic E-state index is 12.7. The lowest BCUT2D eigenvalue weighted by atomic mass is 9.79. The number of alkyl halides is 12. The van der Waals surface area contributed by atoms with Crippen molar-refractivity contribution in [3.63, 3.8) is 0 Å². The van der Waals surface area contributed by atoms with Crippen molar-refractivity contribution >= 4 is 46.0 Å². The van der Waals surface area contributed by atoms with Gasteiger partial charge in [-0.1, -0.05) is 0 Å². The molecule has 0 saturated carbocycles. The standard InChI is InChI=1S/C6F12I2O2/c7-3(8,9)1(21-19,4(10,11)12)2(22-20,5(13,14)15)6(16,17)18. The Balaban J connectivity index is 7.16. The smallest absolute Gasteiger partial charge is 0.287 e. The van der Waals surface area contributed by atoms with Crippen molar-refractivity contribution < 1.29 is 58.8 Å². The Morgan fingerprint density at radius 3 is 0.591 bits per heavy atom. The van der Waals surface area contributed by atoms with Crippen LogP contribution in [0.1, 0.15) is 0 Å². The van der Waals surface area contributed by atoms with Gasteiger partial charge in [-0.2, -0.15) is 52.7 Å². The fourth-order valence-electron chi connectivity index (χ4n) is 1.40. The fourth-order valence-corrected chi connectivity index (χ4v) is 3.02. The number of hydrogen-bond donors (Lipinski definition) is 0. The van der Waals surface area contributed by atoms with E-state index in [-0.39, 0.29) is 46.0 Å². The van der Waals surface area contributed by atoms with Crippen LogP contribution in [0.5, 0.6) is 0 Å². The third-order valence-electron chi connectivity index (χ3n) is 2.32. The highest BCUT2D eigenvalue weighted by Gasteiger charge is 2.96. The van der Waals surface area contributed by atoms with Crippen molar-refractivity contribution in [3.05, 3.63) is 0 Å². The van der Waals surface area contributed by atoms with E-state index in [1.54, 1.807) is 0 Å². The second kappa shape index (κ2) is 6.12. The Morgan fingerprint density at radius 2 is 0.545 bits per heavy atom. The van der Waals surface area contributed by atoms with Gasteiger partial charge in [0.2, 0.25) is 0 Å². The lowest BCUT2D eigenvalue weighted by molar-refractivity contribution is -0.471. The highest BCUT2D eigenvalue weighted by molar-refractivity contribution is 14.1. The van der Waals surface area contributed by atoms with Gasteiger partial charge in [0.25, 0.3) is 0 Å². The van der Waals surface area contributed by atoms with Crippen molar-refractivity contribution in [1.29, 1.82) is 0 Å². The van der Waals surface area contributed by atoms with Crippen LogP contribution in [0.25, 0.3) is 0 Å². The largest absolute Gasteiger partial charge is 0.431 e. The summed E-state index contributed by atoms with van der Waals surface area (Å²) in [5.41, 5.74) is -13.5. The Labute approximate surface area is 140 Å². The van der Waals surface area contributed by atoms with Gasteiger partial charge in [-0.3, -0.25) is 6.13 Å². The minimum absolute atomic E-state index is 0.342. The minimum Gasteiger partial charge on any atom is -0.287 e. The summed E-state index contributed by atoms with van der Waals surface area (Å²) in [7, 11) is 0. The normalized spacial score (nSPS) is 16.1. The van der Waals surface area contributed by atoms with E-state index in [1.165, 1.54) is 0 Å². The molecule has 22 heavy (non-hydrogen) atoms. The molecule has 0 radical (unpaired) electrons. The summed E-state index contributed by atoms with van der Waals surface area (Å²) in [6.45, 7) is 0. The van der Waals surface area contributed by atoms with Crippen LogP contribution in [0.4, 0.5) is 52.7 Å². The molecule has 0 aromatic carbocycles. The lowest BCUT2D eigenvalue weighted by Crippen LogP contribution is -2.80. The highest BCUT2D eigenvalue weighted by Crippen LogP contribution is 2.64. The van der Waals surface area contributed by atoms with E-state index >= 15 is 0 Å². The molecule has 16 heteroatoms. The molecule has 0 bridgehead atoms. The van der Waals surface area contributed by atoms with E-state index in [2.05, 4.69) is 6.13 Å². The molecule has 0 rings (SSSR count). The van der Waals surface area contributed by atoms with E-state index in [4.69, 9.17) is 0 Å². The molecule has 0 fully saturated rings. The van der Waals surface area contributed by atoms with Gasteiger partial charge in [-0.25, -0.2) is 0 Å². The number of rotatable bonds is 3. The summed E-state index contributed by atoms with van der Waals surface area (Å²) in [4.78, 5) is 0. The molecular weight excluding hydrogens is 586 g/mol. The van der Waals surface area contributed by atoms with Gasteiger partial charge in [0.15, 0.2) is 0 Å². The molecule has 0 aromatic rings. The van der Waals surface area contributed by atoms with Gasteiger partial charge >= 0.3 is 35.9 Å². The van der Waals surface area contributed by atoms with Crippen molar-refractivity contribution in [3.8, 4) is 0 Å².